The number of hydrogen-bond donors (Lipinski definition) is 0. The molecule has 7 rings (SSSR count). The van der Waals surface area contributed by atoms with Crippen LogP contribution in [0.3, 0.4) is 0 Å². The molecule has 1 aromatic carbocycles. The Hall–Kier alpha value is -2.43. The van der Waals surface area contributed by atoms with Gasteiger partial charge in [-0.3, -0.25) is 14.4 Å². The summed E-state index contributed by atoms with van der Waals surface area (Å²) in [6.45, 7) is 1.57. The maximum atomic E-state index is 13.3. The molecule has 0 spiro atoms. The zero-order valence-electron chi connectivity index (χ0n) is 16.5. The normalized spacial score (nSPS) is 37.4. The number of nitrogens with zero attached hydrogens (tertiary/aromatic N) is 2. The van der Waals surface area contributed by atoms with Gasteiger partial charge >= 0.3 is 0 Å². The van der Waals surface area contributed by atoms with E-state index in [0.717, 1.165) is 32.4 Å². The minimum Gasteiger partial charge on any atom is -0.339 e. The Bertz CT molecular complexity index is 894. The molecule has 2 saturated heterocycles. The molecule has 4 fully saturated rings. The van der Waals surface area contributed by atoms with Crippen LogP contribution in [0.1, 0.15) is 42.5 Å². The average molecular weight is 390 g/mol. The van der Waals surface area contributed by atoms with Crippen molar-refractivity contribution >= 4 is 23.4 Å². The predicted molar refractivity (Wildman–Crippen MR) is 108 cm³/mol. The SMILES string of the molecule is O=C(c1cccc(N2C(=O)[C@H]3[C@@H]4C=C[C@@H]([C@H]5C[C@H]45)[C@@H]3C2=O)c1)N1CCCCCC1. The highest BCUT2D eigenvalue weighted by molar-refractivity contribution is 6.23. The van der Waals surface area contributed by atoms with Gasteiger partial charge in [-0.1, -0.05) is 31.1 Å². The summed E-state index contributed by atoms with van der Waals surface area (Å²) < 4.78 is 0. The van der Waals surface area contributed by atoms with Crippen LogP contribution >= 0.6 is 0 Å². The van der Waals surface area contributed by atoms with Gasteiger partial charge in [0.1, 0.15) is 0 Å². The van der Waals surface area contributed by atoms with Crippen molar-refractivity contribution in [1.82, 2.24) is 4.90 Å². The van der Waals surface area contributed by atoms with Crippen LogP contribution in [-0.2, 0) is 9.59 Å². The molecule has 2 saturated carbocycles. The van der Waals surface area contributed by atoms with Gasteiger partial charge in [-0.25, -0.2) is 4.90 Å². The van der Waals surface area contributed by atoms with Gasteiger partial charge in [0.15, 0.2) is 0 Å². The topological polar surface area (TPSA) is 57.7 Å². The van der Waals surface area contributed by atoms with Crippen molar-refractivity contribution in [3.63, 3.8) is 0 Å². The molecular weight excluding hydrogens is 364 g/mol. The number of likely N-dealkylation sites (tertiary alicyclic amines) is 1. The summed E-state index contributed by atoms with van der Waals surface area (Å²) in [6.07, 6.45) is 9.95. The molecule has 4 aliphatic carbocycles. The summed E-state index contributed by atoms with van der Waals surface area (Å²) in [5, 5.41) is 0. The van der Waals surface area contributed by atoms with E-state index in [1.807, 2.05) is 4.90 Å². The number of allylic oxidation sites excluding steroid dienone is 2. The predicted octanol–water partition coefficient (Wildman–Crippen LogP) is 3.26. The van der Waals surface area contributed by atoms with Gasteiger partial charge < -0.3 is 4.90 Å². The number of rotatable bonds is 2. The largest absolute Gasteiger partial charge is 0.339 e. The highest BCUT2D eigenvalue weighted by atomic mass is 16.2. The second-order valence-corrected chi connectivity index (χ2v) is 9.42. The third-order valence-electron chi connectivity index (χ3n) is 7.91. The number of anilines is 1. The van der Waals surface area contributed by atoms with Crippen molar-refractivity contribution in [2.75, 3.05) is 18.0 Å². The molecular formula is C24H26N2O3. The molecule has 6 aliphatic rings. The van der Waals surface area contributed by atoms with E-state index >= 15 is 0 Å². The molecule has 2 bridgehead atoms. The third-order valence-corrected chi connectivity index (χ3v) is 7.91. The highest BCUT2D eigenvalue weighted by Crippen LogP contribution is 2.65. The molecule has 0 radical (unpaired) electrons. The summed E-state index contributed by atoms with van der Waals surface area (Å²) in [5.41, 5.74) is 1.13. The standard InChI is InChI=1S/C24H26N2O3/c27-22(25-10-3-1-2-4-11-25)14-6-5-7-15(12-14)26-23(28)20-16-8-9-17(19-13-18(16)19)21(20)24(26)29/h5-9,12,16-21H,1-4,10-11,13H2/t16-,17+,18-,19-,20+,21+/m1/s1. The Kier molecular flexibility index (Phi) is 3.78. The maximum Gasteiger partial charge on any atom is 0.253 e. The van der Waals surface area contributed by atoms with E-state index in [-0.39, 0.29) is 41.4 Å². The lowest BCUT2D eigenvalue weighted by molar-refractivity contribution is -0.124. The molecule has 3 amide bonds. The summed E-state index contributed by atoms with van der Waals surface area (Å²) in [4.78, 5) is 42.9. The van der Waals surface area contributed by atoms with Crippen LogP contribution in [-0.4, -0.2) is 35.7 Å². The molecule has 0 unspecified atom stereocenters. The molecule has 0 aromatic heterocycles. The summed E-state index contributed by atoms with van der Waals surface area (Å²) in [6, 6.07) is 7.14. The fraction of sp³-hybridized carbons (Fsp3) is 0.542. The van der Waals surface area contributed by atoms with Crippen LogP contribution in [0.2, 0.25) is 0 Å². The first-order chi connectivity index (χ1) is 14.1. The minimum atomic E-state index is -0.203. The Morgan fingerprint density at radius 3 is 2.10 bits per heavy atom. The summed E-state index contributed by atoms with van der Waals surface area (Å²) >= 11 is 0. The van der Waals surface area contributed by atoms with Crippen LogP contribution in [0, 0.1) is 35.5 Å². The van der Waals surface area contributed by atoms with Gasteiger partial charge in [0, 0.05) is 18.7 Å². The van der Waals surface area contributed by atoms with E-state index in [2.05, 4.69) is 12.2 Å². The van der Waals surface area contributed by atoms with Gasteiger partial charge in [-0.2, -0.15) is 0 Å². The number of amides is 3. The zero-order chi connectivity index (χ0) is 19.7. The van der Waals surface area contributed by atoms with Crippen molar-refractivity contribution in [3.8, 4) is 0 Å². The number of carbonyl (C=O) groups is 3. The van der Waals surface area contributed by atoms with Crippen molar-refractivity contribution in [2.24, 2.45) is 35.5 Å². The zero-order valence-corrected chi connectivity index (χ0v) is 16.5. The van der Waals surface area contributed by atoms with Crippen molar-refractivity contribution in [3.05, 3.63) is 42.0 Å². The van der Waals surface area contributed by atoms with Crippen molar-refractivity contribution < 1.29 is 14.4 Å². The Morgan fingerprint density at radius 1 is 0.862 bits per heavy atom. The molecule has 29 heavy (non-hydrogen) atoms. The van der Waals surface area contributed by atoms with Gasteiger partial charge in [0.05, 0.1) is 17.5 Å². The lowest BCUT2D eigenvalue weighted by Crippen LogP contribution is -2.40. The average Bonchev–Trinajstić information content (AvgIpc) is 3.55. The molecule has 150 valence electrons. The van der Waals surface area contributed by atoms with Crippen LogP contribution in [0.15, 0.2) is 36.4 Å². The van der Waals surface area contributed by atoms with E-state index in [9.17, 15) is 14.4 Å². The van der Waals surface area contributed by atoms with Gasteiger partial charge in [0.25, 0.3) is 5.91 Å². The van der Waals surface area contributed by atoms with Crippen molar-refractivity contribution in [1.29, 1.82) is 0 Å². The smallest absolute Gasteiger partial charge is 0.253 e. The van der Waals surface area contributed by atoms with Crippen LogP contribution in [0.5, 0.6) is 0 Å². The van der Waals surface area contributed by atoms with Crippen LogP contribution in [0.4, 0.5) is 5.69 Å². The summed E-state index contributed by atoms with van der Waals surface area (Å²) in [5.74, 6) is 1.10. The first kappa shape index (κ1) is 17.4. The van der Waals surface area contributed by atoms with Crippen LogP contribution in [0.25, 0.3) is 0 Å². The minimum absolute atomic E-state index is 0.00763. The molecule has 2 heterocycles. The Morgan fingerprint density at radius 2 is 1.48 bits per heavy atom. The van der Waals surface area contributed by atoms with Gasteiger partial charge in [-0.15, -0.1) is 0 Å². The molecule has 2 aliphatic heterocycles. The Labute approximate surface area is 170 Å². The lowest BCUT2D eigenvalue weighted by atomic mass is 9.63. The van der Waals surface area contributed by atoms with E-state index in [1.54, 1.807) is 24.3 Å². The van der Waals surface area contributed by atoms with E-state index in [0.29, 0.717) is 23.1 Å². The molecule has 5 heteroatoms. The molecule has 6 atom stereocenters. The highest BCUT2D eigenvalue weighted by Gasteiger charge is 2.67. The Balaban J connectivity index is 1.30. The van der Waals surface area contributed by atoms with Crippen LogP contribution < -0.4 is 4.90 Å². The van der Waals surface area contributed by atoms with E-state index in [4.69, 9.17) is 0 Å². The molecule has 1 aromatic rings. The first-order valence-electron chi connectivity index (χ1n) is 11.1. The fourth-order valence-corrected chi connectivity index (χ4v) is 6.45. The number of imide groups is 1. The monoisotopic (exact) mass is 390 g/mol. The fourth-order valence-electron chi connectivity index (χ4n) is 6.45. The second kappa shape index (κ2) is 6.28. The molecule has 0 N–H and O–H groups in total. The third kappa shape index (κ3) is 2.49. The van der Waals surface area contributed by atoms with Crippen molar-refractivity contribution in [2.45, 2.75) is 32.1 Å². The first-order valence-corrected chi connectivity index (χ1v) is 11.1. The van der Waals surface area contributed by atoms with E-state index < -0.39 is 0 Å². The lowest BCUT2D eigenvalue weighted by Gasteiger charge is -2.37. The second-order valence-electron chi connectivity index (χ2n) is 9.42. The maximum absolute atomic E-state index is 13.3. The van der Waals surface area contributed by atoms with E-state index in [1.165, 1.54) is 17.7 Å². The molecule has 5 nitrogen and oxygen atoms in total. The number of carbonyl (C=O) groups excluding carboxylic acids is 3. The number of benzene rings is 1. The quantitative estimate of drug-likeness (QED) is 0.575. The van der Waals surface area contributed by atoms with Gasteiger partial charge in [0.2, 0.25) is 11.8 Å². The van der Waals surface area contributed by atoms with Gasteiger partial charge in [-0.05, 0) is 61.1 Å². The summed E-state index contributed by atoms with van der Waals surface area (Å²) in [7, 11) is 0. The number of hydrogen-bond acceptors (Lipinski definition) is 3.